The largest absolute Gasteiger partial charge is 0.348 e. The lowest BCUT2D eigenvalue weighted by atomic mass is 9.99. The van der Waals surface area contributed by atoms with E-state index in [0.29, 0.717) is 11.6 Å². The van der Waals surface area contributed by atoms with Crippen LogP contribution in [0.5, 0.6) is 0 Å². The molecule has 0 aliphatic carbocycles. The summed E-state index contributed by atoms with van der Waals surface area (Å²) in [5.41, 5.74) is 1.38. The summed E-state index contributed by atoms with van der Waals surface area (Å²) < 4.78 is 1.53. The highest BCUT2D eigenvalue weighted by molar-refractivity contribution is 5.95. The first kappa shape index (κ1) is 13.7. The van der Waals surface area contributed by atoms with E-state index in [0.717, 1.165) is 25.1 Å². The SMILES string of the molecule is CC1NCCCC1NC(=O)c1cccc(-n2cnnn2)c1. The number of aromatic nitrogens is 4. The van der Waals surface area contributed by atoms with Gasteiger partial charge in [-0.05, 0) is 54.9 Å². The summed E-state index contributed by atoms with van der Waals surface area (Å²) in [6.07, 6.45) is 3.59. The third-order valence-electron chi connectivity index (χ3n) is 3.80. The number of hydrogen-bond donors (Lipinski definition) is 2. The van der Waals surface area contributed by atoms with Gasteiger partial charge in [-0.2, -0.15) is 0 Å². The Bertz CT molecular complexity index is 612. The minimum atomic E-state index is -0.0644. The van der Waals surface area contributed by atoms with Gasteiger partial charge in [-0.1, -0.05) is 6.07 Å². The summed E-state index contributed by atoms with van der Waals surface area (Å²) in [6.45, 7) is 3.12. The Morgan fingerprint density at radius 2 is 2.38 bits per heavy atom. The number of carbonyl (C=O) groups excluding carboxylic acids is 1. The average Bonchev–Trinajstić information content (AvgIpc) is 3.04. The molecule has 2 atom stereocenters. The van der Waals surface area contributed by atoms with Crippen LogP contribution in [0.2, 0.25) is 0 Å². The van der Waals surface area contributed by atoms with Crippen molar-refractivity contribution in [3.05, 3.63) is 36.2 Å². The lowest BCUT2D eigenvalue weighted by molar-refractivity contribution is 0.0920. The zero-order valence-electron chi connectivity index (χ0n) is 11.9. The Morgan fingerprint density at radius 3 is 3.14 bits per heavy atom. The Morgan fingerprint density at radius 1 is 1.48 bits per heavy atom. The molecule has 2 heterocycles. The van der Waals surface area contributed by atoms with Gasteiger partial charge in [-0.15, -0.1) is 5.10 Å². The molecule has 1 aromatic carbocycles. The van der Waals surface area contributed by atoms with E-state index in [4.69, 9.17) is 0 Å². The van der Waals surface area contributed by atoms with Gasteiger partial charge < -0.3 is 10.6 Å². The molecule has 2 aromatic rings. The maximum Gasteiger partial charge on any atom is 0.251 e. The van der Waals surface area contributed by atoms with E-state index in [1.807, 2.05) is 12.1 Å². The van der Waals surface area contributed by atoms with Gasteiger partial charge in [0, 0.05) is 17.6 Å². The molecule has 21 heavy (non-hydrogen) atoms. The Labute approximate surface area is 122 Å². The van der Waals surface area contributed by atoms with Gasteiger partial charge in [0.05, 0.1) is 5.69 Å². The van der Waals surface area contributed by atoms with Crippen LogP contribution in [0.4, 0.5) is 0 Å². The fourth-order valence-electron chi connectivity index (χ4n) is 2.56. The number of tetrazole rings is 1. The minimum Gasteiger partial charge on any atom is -0.348 e. The fraction of sp³-hybridized carbons (Fsp3) is 0.429. The average molecular weight is 286 g/mol. The predicted molar refractivity (Wildman–Crippen MR) is 77.1 cm³/mol. The molecular weight excluding hydrogens is 268 g/mol. The fourth-order valence-corrected chi connectivity index (χ4v) is 2.56. The van der Waals surface area contributed by atoms with Crippen LogP contribution in [0.15, 0.2) is 30.6 Å². The lowest BCUT2D eigenvalue weighted by Gasteiger charge is -2.30. The molecule has 1 fully saturated rings. The molecule has 0 radical (unpaired) electrons. The molecular formula is C14H18N6O. The van der Waals surface area contributed by atoms with Crippen LogP contribution in [0.3, 0.4) is 0 Å². The van der Waals surface area contributed by atoms with Crippen LogP contribution < -0.4 is 10.6 Å². The highest BCUT2D eigenvalue weighted by atomic mass is 16.1. The Hall–Kier alpha value is -2.28. The topological polar surface area (TPSA) is 84.7 Å². The van der Waals surface area contributed by atoms with Gasteiger partial charge >= 0.3 is 0 Å². The highest BCUT2D eigenvalue weighted by Gasteiger charge is 2.22. The van der Waals surface area contributed by atoms with Gasteiger partial charge in [-0.25, -0.2) is 4.68 Å². The van der Waals surface area contributed by atoms with Crippen LogP contribution in [-0.2, 0) is 0 Å². The third kappa shape index (κ3) is 3.08. The number of rotatable bonds is 3. The van der Waals surface area contributed by atoms with E-state index < -0.39 is 0 Å². The van der Waals surface area contributed by atoms with E-state index in [1.165, 1.54) is 11.0 Å². The maximum absolute atomic E-state index is 12.4. The van der Waals surface area contributed by atoms with Gasteiger partial charge in [0.15, 0.2) is 0 Å². The first-order chi connectivity index (χ1) is 10.2. The van der Waals surface area contributed by atoms with Crippen molar-refractivity contribution in [1.29, 1.82) is 0 Å². The molecule has 0 saturated carbocycles. The number of amides is 1. The first-order valence-electron chi connectivity index (χ1n) is 7.12. The molecule has 1 aromatic heterocycles. The molecule has 110 valence electrons. The maximum atomic E-state index is 12.4. The molecule has 2 unspecified atom stereocenters. The second-order valence-electron chi connectivity index (χ2n) is 5.27. The van der Waals surface area contributed by atoms with Crippen molar-refractivity contribution in [3.63, 3.8) is 0 Å². The molecule has 0 spiro atoms. The number of carbonyl (C=O) groups is 1. The lowest BCUT2D eigenvalue weighted by Crippen LogP contribution is -2.51. The highest BCUT2D eigenvalue weighted by Crippen LogP contribution is 2.12. The van der Waals surface area contributed by atoms with E-state index in [2.05, 4.69) is 33.1 Å². The Balaban J connectivity index is 1.74. The second kappa shape index (κ2) is 6.01. The molecule has 1 aliphatic rings. The van der Waals surface area contributed by atoms with Crippen LogP contribution in [-0.4, -0.2) is 44.7 Å². The van der Waals surface area contributed by atoms with Gasteiger partial charge in [0.1, 0.15) is 6.33 Å². The smallest absolute Gasteiger partial charge is 0.251 e. The van der Waals surface area contributed by atoms with E-state index in [1.54, 1.807) is 12.1 Å². The summed E-state index contributed by atoms with van der Waals surface area (Å²) in [4.78, 5) is 12.4. The normalized spacial score (nSPS) is 22.0. The van der Waals surface area contributed by atoms with Crippen molar-refractivity contribution < 1.29 is 4.79 Å². The predicted octanol–water partition coefficient (Wildman–Crippen LogP) is 0.533. The Kier molecular flexibility index (Phi) is 3.92. The molecule has 1 aliphatic heterocycles. The number of benzene rings is 1. The molecule has 1 saturated heterocycles. The molecule has 3 rings (SSSR count). The van der Waals surface area contributed by atoms with Crippen molar-refractivity contribution in [1.82, 2.24) is 30.8 Å². The molecule has 2 N–H and O–H groups in total. The monoisotopic (exact) mass is 286 g/mol. The van der Waals surface area contributed by atoms with Crippen molar-refractivity contribution in [3.8, 4) is 5.69 Å². The van der Waals surface area contributed by atoms with Gasteiger partial charge in [0.25, 0.3) is 5.91 Å². The summed E-state index contributed by atoms with van der Waals surface area (Å²) in [5.74, 6) is -0.0644. The molecule has 7 heteroatoms. The summed E-state index contributed by atoms with van der Waals surface area (Å²) in [5, 5.41) is 17.5. The molecule has 7 nitrogen and oxygen atoms in total. The van der Waals surface area contributed by atoms with Crippen LogP contribution >= 0.6 is 0 Å². The quantitative estimate of drug-likeness (QED) is 0.860. The van der Waals surface area contributed by atoms with Crippen molar-refractivity contribution in [2.75, 3.05) is 6.54 Å². The standard InChI is InChI=1S/C14H18N6O/c1-10-13(6-3-7-15-10)17-14(21)11-4-2-5-12(8-11)20-9-16-18-19-20/h2,4-5,8-10,13,15H,3,6-7H2,1H3,(H,17,21). The van der Waals surface area contributed by atoms with E-state index in [9.17, 15) is 4.79 Å². The van der Waals surface area contributed by atoms with Crippen molar-refractivity contribution in [2.45, 2.75) is 31.8 Å². The van der Waals surface area contributed by atoms with Crippen LogP contribution in [0.1, 0.15) is 30.1 Å². The minimum absolute atomic E-state index is 0.0644. The summed E-state index contributed by atoms with van der Waals surface area (Å²) >= 11 is 0. The zero-order valence-corrected chi connectivity index (χ0v) is 11.9. The van der Waals surface area contributed by atoms with Crippen LogP contribution in [0.25, 0.3) is 5.69 Å². The van der Waals surface area contributed by atoms with Gasteiger partial charge in [-0.3, -0.25) is 4.79 Å². The van der Waals surface area contributed by atoms with Gasteiger partial charge in [0.2, 0.25) is 0 Å². The number of nitrogens with one attached hydrogen (secondary N) is 2. The summed E-state index contributed by atoms with van der Waals surface area (Å²) in [7, 11) is 0. The van der Waals surface area contributed by atoms with E-state index >= 15 is 0 Å². The second-order valence-corrected chi connectivity index (χ2v) is 5.27. The number of nitrogens with zero attached hydrogens (tertiary/aromatic N) is 4. The zero-order chi connectivity index (χ0) is 14.7. The molecule has 1 amide bonds. The third-order valence-corrected chi connectivity index (χ3v) is 3.80. The number of hydrogen-bond acceptors (Lipinski definition) is 5. The van der Waals surface area contributed by atoms with E-state index in [-0.39, 0.29) is 11.9 Å². The first-order valence-corrected chi connectivity index (χ1v) is 7.12. The molecule has 0 bridgehead atoms. The van der Waals surface area contributed by atoms with Crippen LogP contribution in [0, 0.1) is 0 Å². The number of piperidine rings is 1. The summed E-state index contributed by atoms with van der Waals surface area (Å²) in [6, 6.07) is 7.73. The van der Waals surface area contributed by atoms with Crippen molar-refractivity contribution >= 4 is 5.91 Å². The van der Waals surface area contributed by atoms with Crippen molar-refractivity contribution in [2.24, 2.45) is 0 Å².